The van der Waals surface area contributed by atoms with Gasteiger partial charge in [-0.2, -0.15) is 0 Å². The van der Waals surface area contributed by atoms with E-state index < -0.39 is 5.82 Å². The Hall–Kier alpha value is -2.54. The van der Waals surface area contributed by atoms with Gasteiger partial charge in [-0.25, -0.2) is 9.37 Å². The Balaban J connectivity index is 2.02. The van der Waals surface area contributed by atoms with Crippen molar-refractivity contribution in [2.24, 2.45) is 0 Å². The summed E-state index contributed by atoms with van der Waals surface area (Å²) < 4.78 is 15.0. The number of aromatic nitrogens is 2. The van der Waals surface area contributed by atoms with Crippen LogP contribution in [0.1, 0.15) is 34.1 Å². The zero-order chi connectivity index (χ0) is 18.1. The lowest BCUT2D eigenvalue weighted by atomic mass is 10.1. The first-order valence-electron chi connectivity index (χ1n) is 7.98. The van der Waals surface area contributed by atoms with Gasteiger partial charge in [0.2, 0.25) is 0 Å². The highest BCUT2D eigenvalue weighted by atomic mass is 32.1. The van der Waals surface area contributed by atoms with Gasteiger partial charge >= 0.3 is 0 Å². The molecule has 0 radical (unpaired) electrons. The van der Waals surface area contributed by atoms with Crippen LogP contribution in [0.4, 0.5) is 10.1 Å². The second-order valence-electron chi connectivity index (χ2n) is 5.89. The largest absolute Gasteiger partial charge is 0.321 e. The number of nitrogens with zero attached hydrogens (tertiary/aromatic N) is 2. The molecule has 0 saturated heterocycles. The average molecular weight is 359 g/mol. The van der Waals surface area contributed by atoms with E-state index >= 15 is 0 Å². The van der Waals surface area contributed by atoms with Crippen LogP contribution in [0.5, 0.6) is 0 Å². The molecule has 0 aliphatic rings. The third-order valence-electron chi connectivity index (χ3n) is 4.04. The summed E-state index contributed by atoms with van der Waals surface area (Å²) >= 11 is 1.17. The maximum atomic E-state index is 13.4. The molecule has 0 aliphatic heterocycles. The van der Waals surface area contributed by atoms with Crippen LogP contribution in [-0.2, 0) is 6.54 Å². The molecule has 1 aromatic carbocycles. The van der Waals surface area contributed by atoms with E-state index in [0.29, 0.717) is 32.9 Å². The van der Waals surface area contributed by atoms with Crippen LogP contribution in [0, 0.1) is 19.7 Å². The van der Waals surface area contributed by atoms with Crippen LogP contribution in [-0.4, -0.2) is 15.5 Å². The zero-order valence-corrected chi connectivity index (χ0v) is 15.0. The van der Waals surface area contributed by atoms with Crippen LogP contribution >= 0.6 is 11.3 Å². The summed E-state index contributed by atoms with van der Waals surface area (Å²) in [6.07, 6.45) is 2.34. The molecule has 7 heteroatoms. The van der Waals surface area contributed by atoms with Gasteiger partial charge in [0, 0.05) is 12.2 Å². The van der Waals surface area contributed by atoms with E-state index in [2.05, 4.69) is 10.3 Å². The molecule has 0 atom stereocenters. The molecule has 2 aromatic heterocycles. The van der Waals surface area contributed by atoms with E-state index in [1.165, 1.54) is 29.8 Å². The van der Waals surface area contributed by atoms with Crippen molar-refractivity contribution in [2.75, 3.05) is 5.32 Å². The van der Waals surface area contributed by atoms with E-state index in [1.54, 1.807) is 24.5 Å². The SMILES string of the molecule is CCCn1cnc2sc(C(=O)Nc3cc(F)ccc3C)c(C)c2c1=O. The monoisotopic (exact) mass is 359 g/mol. The number of benzene rings is 1. The number of anilines is 1. The summed E-state index contributed by atoms with van der Waals surface area (Å²) in [5.74, 6) is -0.784. The molecule has 0 fully saturated rings. The van der Waals surface area contributed by atoms with Crippen LogP contribution in [0.3, 0.4) is 0 Å². The van der Waals surface area contributed by atoms with Crippen LogP contribution in [0.25, 0.3) is 10.2 Å². The van der Waals surface area contributed by atoms with Crippen LogP contribution in [0.2, 0.25) is 0 Å². The van der Waals surface area contributed by atoms with E-state index in [-0.39, 0.29) is 11.5 Å². The first kappa shape index (κ1) is 17.3. The minimum Gasteiger partial charge on any atom is -0.321 e. The van der Waals surface area contributed by atoms with Gasteiger partial charge in [-0.05, 0) is 43.5 Å². The van der Waals surface area contributed by atoms with Gasteiger partial charge in [0.15, 0.2) is 0 Å². The van der Waals surface area contributed by atoms with Gasteiger partial charge < -0.3 is 5.32 Å². The molecule has 3 aromatic rings. The zero-order valence-electron chi connectivity index (χ0n) is 14.2. The summed E-state index contributed by atoms with van der Waals surface area (Å²) in [5.41, 5.74) is 1.64. The number of rotatable bonds is 4. The highest BCUT2D eigenvalue weighted by Gasteiger charge is 2.20. The third kappa shape index (κ3) is 3.19. The Morgan fingerprint density at radius 1 is 1.36 bits per heavy atom. The minimum atomic E-state index is -0.418. The van der Waals surface area contributed by atoms with Crippen LogP contribution in [0.15, 0.2) is 29.3 Å². The van der Waals surface area contributed by atoms with E-state index in [4.69, 9.17) is 0 Å². The van der Waals surface area contributed by atoms with Crippen molar-refractivity contribution in [1.82, 2.24) is 9.55 Å². The molecule has 0 spiro atoms. The molecule has 0 saturated carbocycles. The number of carbonyl (C=O) groups excluding carboxylic acids is 1. The van der Waals surface area contributed by atoms with E-state index in [0.717, 1.165) is 12.0 Å². The molecule has 3 rings (SSSR count). The van der Waals surface area contributed by atoms with Gasteiger partial charge in [0.25, 0.3) is 11.5 Å². The number of nitrogens with one attached hydrogen (secondary N) is 1. The molecule has 130 valence electrons. The Morgan fingerprint density at radius 3 is 2.84 bits per heavy atom. The molecule has 1 N–H and O–H groups in total. The van der Waals surface area contributed by atoms with Gasteiger partial charge in [-0.1, -0.05) is 13.0 Å². The lowest BCUT2D eigenvalue weighted by Gasteiger charge is -2.08. The molecule has 5 nitrogen and oxygen atoms in total. The number of aryl methyl sites for hydroxylation is 3. The number of hydrogen-bond donors (Lipinski definition) is 1. The predicted octanol–water partition coefficient (Wildman–Crippen LogP) is 3.88. The fourth-order valence-corrected chi connectivity index (χ4v) is 3.72. The Bertz CT molecular complexity index is 1020. The summed E-state index contributed by atoms with van der Waals surface area (Å²) in [4.78, 5) is 30.5. The topological polar surface area (TPSA) is 64.0 Å². The lowest BCUT2D eigenvalue weighted by Crippen LogP contribution is -2.20. The molecule has 0 unspecified atom stereocenters. The summed E-state index contributed by atoms with van der Waals surface area (Å²) in [5, 5.41) is 3.20. The minimum absolute atomic E-state index is 0.137. The van der Waals surface area contributed by atoms with Crippen molar-refractivity contribution in [2.45, 2.75) is 33.7 Å². The number of hydrogen-bond acceptors (Lipinski definition) is 4. The molecule has 2 heterocycles. The second kappa shape index (κ2) is 6.76. The second-order valence-corrected chi connectivity index (χ2v) is 6.89. The molecule has 0 aliphatic carbocycles. The number of fused-ring (bicyclic) bond motifs is 1. The van der Waals surface area contributed by atoms with Gasteiger partial charge in [0.1, 0.15) is 10.6 Å². The van der Waals surface area contributed by atoms with Crippen molar-refractivity contribution in [1.29, 1.82) is 0 Å². The Labute approximate surface area is 148 Å². The number of amides is 1. The predicted molar refractivity (Wildman–Crippen MR) is 98.0 cm³/mol. The number of carbonyl (C=O) groups is 1. The van der Waals surface area contributed by atoms with Crippen molar-refractivity contribution >= 4 is 33.1 Å². The smallest absolute Gasteiger partial charge is 0.266 e. The first-order valence-corrected chi connectivity index (χ1v) is 8.80. The fraction of sp³-hybridized carbons (Fsp3) is 0.278. The highest BCUT2D eigenvalue weighted by Crippen LogP contribution is 2.28. The normalized spacial score (nSPS) is 11.0. The van der Waals surface area contributed by atoms with Crippen molar-refractivity contribution in [3.63, 3.8) is 0 Å². The molecular formula is C18H18FN3O2S. The fourth-order valence-electron chi connectivity index (χ4n) is 2.68. The van der Waals surface area contributed by atoms with E-state index in [1.807, 2.05) is 6.92 Å². The van der Waals surface area contributed by atoms with Crippen molar-refractivity contribution in [3.8, 4) is 0 Å². The first-order chi connectivity index (χ1) is 11.9. The number of halogens is 1. The van der Waals surface area contributed by atoms with Gasteiger partial charge in [0.05, 0.1) is 16.6 Å². The van der Waals surface area contributed by atoms with E-state index in [9.17, 15) is 14.0 Å². The summed E-state index contributed by atoms with van der Waals surface area (Å²) in [6.45, 7) is 6.10. The Morgan fingerprint density at radius 2 is 2.12 bits per heavy atom. The third-order valence-corrected chi connectivity index (χ3v) is 5.23. The molecule has 0 bridgehead atoms. The Kier molecular flexibility index (Phi) is 4.67. The van der Waals surface area contributed by atoms with Crippen molar-refractivity contribution in [3.05, 3.63) is 56.7 Å². The summed E-state index contributed by atoms with van der Waals surface area (Å²) in [6, 6.07) is 4.23. The molecular weight excluding hydrogens is 341 g/mol. The average Bonchev–Trinajstić information content (AvgIpc) is 2.91. The standard InChI is InChI=1S/C18H18FN3O2S/c1-4-7-22-9-20-17-14(18(22)24)11(3)15(25-17)16(23)21-13-8-12(19)6-5-10(13)2/h5-6,8-9H,4,7H2,1-3H3,(H,21,23). The maximum Gasteiger partial charge on any atom is 0.266 e. The highest BCUT2D eigenvalue weighted by molar-refractivity contribution is 7.20. The molecule has 1 amide bonds. The lowest BCUT2D eigenvalue weighted by molar-refractivity contribution is 0.103. The molecule has 25 heavy (non-hydrogen) atoms. The van der Waals surface area contributed by atoms with Gasteiger partial charge in [-0.15, -0.1) is 11.3 Å². The van der Waals surface area contributed by atoms with Crippen LogP contribution < -0.4 is 10.9 Å². The van der Waals surface area contributed by atoms with Crippen molar-refractivity contribution < 1.29 is 9.18 Å². The number of thiophene rings is 1. The summed E-state index contributed by atoms with van der Waals surface area (Å²) in [7, 11) is 0. The van der Waals surface area contributed by atoms with Gasteiger partial charge in [-0.3, -0.25) is 14.2 Å². The quantitative estimate of drug-likeness (QED) is 0.769. The maximum absolute atomic E-state index is 13.4.